The van der Waals surface area contributed by atoms with Crippen LogP contribution in [0, 0.1) is 11.3 Å². The van der Waals surface area contributed by atoms with Gasteiger partial charge in [-0.05, 0) is 103 Å². The van der Waals surface area contributed by atoms with E-state index in [1.807, 2.05) is 12.2 Å². The summed E-state index contributed by atoms with van der Waals surface area (Å²) in [6.45, 7) is 17.4. The third-order valence-electron chi connectivity index (χ3n) is 11.3. The van der Waals surface area contributed by atoms with Crippen molar-refractivity contribution in [1.82, 2.24) is 19.9 Å². The number of nitrogens with zero attached hydrogens (tertiary/aromatic N) is 3. The summed E-state index contributed by atoms with van der Waals surface area (Å²) in [5.74, 6) is 0. The molecule has 0 aromatic carbocycles. The Morgan fingerprint density at radius 2 is 1.26 bits per heavy atom. The van der Waals surface area contributed by atoms with Gasteiger partial charge in [-0.2, -0.15) is 5.26 Å². The second kappa shape index (κ2) is 12.0. The van der Waals surface area contributed by atoms with Crippen LogP contribution < -0.4 is 0 Å². The van der Waals surface area contributed by atoms with Gasteiger partial charge in [0.1, 0.15) is 5.41 Å². The Morgan fingerprint density at radius 1 is 0.717 bits per heavy atom. The van der Waals surface area contributed by atoms with Gasteiger partial charge in [0.25, 0.3) is 0 Å². The van der Waals surface area contributed by atoms with Crippen LogP contribution in [-0.4, -0.2) is 31.1 Å². The van der Waals surface area contributed by atoms with Gasteiger partial charge in [0.15, 0.2) is 0 Å². The van der Waals surface area contributed by atoms with Crippen molar-refractivity contribution in [1.29, 1.82) is 5.26 Å². The average molecular weight is 616 g/mol. The molecule has 6 heteroatoms. The van der Waals surface area contributed by atoms with Gasteiger partial charge >= 0.3 is 0 Å². The van der Waals surface area contributed by atoms with E-state index in [-0.39, 0.29) is 0 Å². The van der Waals surface area contributed by atoms with E-state index in [0.29, 0.717) is 12.8 Å². The minimum absolute atomic E-state index is 0.537. The first-order valence-electron chi connectivity index (χ1n) is 17.6. The molecule has 46 heavy (non-hydrogen) atoms. The lowest BCUT2D eigenvalue weighted by Crippen LogP contribution is -2.53. The highest BCUT2D eigenvalue weighted by molar-refractivity contribution is 5.95. The number of rotatable bonds is 8. The highest BCUT2D eigenvalue weighted by atomic mass is 16.3. The molecule has 3 aliphatic rings. The molecule has 6 rings (SSSR count). The molecule has 3 aromatic rings. The molecule has 0 saturated carbocycles. The fourth-order valence-electron chi connectivity index (χ4n) is 9.07. The molecule has 0 saturated heterocycles. The van der Waals surface area contributed by atoms with Crippen molar-refractivity contribution in [2.24, 2.45) is 0 Å². The fourth-order valence-corrected chi connectivity index (χ4v) is 9.07. The summed E-state index contributed by atoms with van der Waals surface area (Å²) in [5.41, 5.74) is 14.6. The fraction of sp³-hybridized carbons (Fsp3) is 0.475. The molecule has 1 aliphatic carbocycles. The number of aryl methyl sites for hydroxylation is 4. The van der Waals surface area contributed by atoms with Gasteiger partial charge in [-0.25, -0.2) is 4.98 Å². The van der Waals surface area contributed by atoms with Gasteiger partial charge in [0, 0.05) is 27.6 Å². The largest absolute Gasteiger partial charge is 0.388 e. The van der Waals surface area contributed by atoms with Crippen molar-refractivity contribution in [2.45, 2.75) is 124 Å². The molecule has 2 aliphatic heterocycles. The van der Waals surface area contributed by atoms with Crippen molar-refractivity contribution in [3.8, 4) is 6.07 Å². The first-order valence-corrected chi connectivity index (χ1v) is 17.6. The van der Waals surface area contributed by atoms with Crippen LogP contribution in [0.1, 0.15) is 132 Å². The summed E-state index contributed by atoms with van der Waals surface area (Å²) in [7, 11) is 0. The molecule has 0 radical (unpaired) electrons. The van der Waals surface area contributed by atoms with E-state index in [1.54, 1.807) is 0 Å². The Bertz CT molecular complexity index is 1980. The van der Waals surface area contributed by atoms with E-state index in [9.17, 15) is 10.4 Å². The number of H-pyrrole nitrogens is 2. The molecular weight excluding hydrogens is 566 g/mol. The van der Waals surface area contributed by atoms with Crippen LogP contribution in [0.15, 0.2) is 24.3 Å². The van der Waals surface area contributed by atoms with Crippen molar-refractivity contribution < 1.29 is 5.11 Å². The number of hydrogen-bond acceptors (Lipinski definition) is 4. The number of hydrogen-bond donors (Lipinski definition) is 3. The van der Waals surface area contributed by atoms with E-state index < -0.39 is 16.9 Å². The quantitative estimate of drug-likeness (QED) is 0.235. The monoisotopic (exact) mass is 615 g/mol. The van der Waals surface area contributed by atoms with E-state index in [4.69, 9.17) is 9.97 Å². The van der Waals surface area contributed by atoms with Crippen LogP contribution in [-0.2, 0) is 36.5 Å². The molecule has 8 bridgehead atoms. The van der Waals surface area contributed by atoms with Gasteiger partial charge < -0.3 is 15.1 Å². The van der Waals surface area contributed by atoms with Crippen molar-refractivity contribution >= 4 is 39.3 Å². The molecule has 5 heterocycles. The van der Waals surface area contributed by atoms with E-state index >= 15 is 0 Å². The number of aliphatic hydroxyl groups is 1. The van der Waals surface area contributed by atoms with Crippen LogP contribution in [0.2, 0.25) is 0 Å². The second-order valence-electron chi connectivity index (χ2n) is 12.9. The van der Waals surface area contributed by atoms with Crippen molar-refractivity contribution in [3.05, 3.63) is 74.9 Å². The van der Waals surface area contributed by atoms with E-state index in [0.717, 1.165) is 88.9 Å². The maximum atomic E-state index is 11.9. The number of fused-ring (bicyclic) bond motifs is 8. The summed E-state index contributed by atoms with van der Waals surface area (Å²) in [4.78, 5) is 18.4. The molecule has 3 aromatic heterocycles. The molecule has 3 N–H and O–H groups in total. The Kier molecular flexibility index (Phi) is 8.36. The van der Waals surface area contributed by atoms with Crippen LogP contribution >= 0.6 is 0 Å². The molecule has 3 atom stereocenters. The van der Waals surface area contributed by atoms with Crippen LogP contribution in [0.5, 0.6) is 0 Å². The number of allylic oxidation sites excluding steroid dienone is 2. The van der Waals surface area contributed by atoms with Gasteiger partial charge in [0.2, 0.25) is 0 Å². The predicted molar refractivity (Wildman–Crippen MR) is 191 cm³/mol. The molecule has 240 valence electrons. The average Bonchev–Trinajstić information content (AvgIpc) is 3.78. The Balaban J connectivity index is 1.93. The second-order valence-corrected chi connectivity index (χ2v) is 12.9. The number of aromatic nitrogens is 4. The first-order chi connectivity index (χ1) is 22.3. The maximum Gasteiger partial charge on any atom is 0.113 e. The number of nitriles is 1. The lowest BCUT2D eigenvalue weighted by atomic mass is 9.55. The third-order valence-corrected chi connectivity index (χ3v) is 11.3. The zero-order valence-corrected chi connectivity index (χ0v) is 28.9. The Hall–Kier alpha value is -3.95. The predicted octanol–water partition coefficient (Wildman–Crippen LogP) is 9.20. The summed E-state index contributed by atoms with van der Waals surface area (Å²) >= 11 is 0. The van der Waals surface area contributed by atoms with Gasteiger partial charge in [0.05, 0.1) is 40.4 Å². The highest BCUT2D eigenvalue weighted by Crippen LogP contribution is 2.57. The molecule has 6 nitrogen and oxygen atoms in total. The molecule has 0 amide bonds. The third kappa shape index (κ3) is 4.17. The molecule has 0 spiro atoms. The number of nitrogens with one attached hydrogen (secondary N) is 2. The summed E-state index contributed by atoms with van der Waals surface area (Å²) in [5, 5.41) is 23.0. The van der Waals surface area contributed by atoms with Crippen molar-refractivity contribution in [2.75, 3.05) is 0 Å². The highest BCUT2D eigenvalue weighted by Gasteiger charge is 2.62. The SMILES string of the molecule is CCC1=C(CC)c2nc1cc1[nH]c(cc3[nH]c(cc4nc5c2C=CC(O)[C@]5(CC)[C@@]4(C#N)CC)c(CC)c3CC)c(CC)c1CC. The molecular formula is C40H49N5O. The van der Waals surface area contributed by atoms with Crippen LogP contribution in [0.4, 0.5) is 0 Å². The maximum absolute atomic E-state index is 11.9. The lowest BCUT2D eigenvalue weighted by molar-refractivity contribution is 0.0748. The standard InChI is InChI=1S/C40H49N5O/c1-9-23-24(10-2)32-20-33-27(13-5)28(14-6)37(44-33)29-17-18-36(46)40(16-8)38(29)45-35(39(40,15-7)22-41)21-34-26(12-4)25(11-3)31(43-34)19-30(23)42-32/h17-21,36,42-43,46H,9-16H2,1-8H3/t36?,39-,40+/m1/s1. The van der Waals surface area contributed by atoms with Crippen LogP contribution in [0.3, 0.4) is 0 Å². The normalized spacial score (nSPS) is 22.0. The van der Waals surface area contributed by atoms with E-state index in [2.05, 4.69) is 89.6 Å². The minimum atomic E-state index is -1.01. The molecule has 0 fully saturated rings. The summed E-state index contributed by atoms with van der Waals surface area (Å²) in [6, 6.07) is 9.41. The van der Waals surface area contributed by atoms with Gasteiger partial charge in [-0.15, -0.1) is 0 Å². The zero-order valence-electron chi connectivity index (χ0n) is 28.9. The number of aliphatic hydroxyl groups excluding tert-OH is 1. The topological polar surface area (TPSA) is 101 Å². The smallest absolute Gasteiger partial charge is 0.113 e. The van der Waals surface area contributed by atoms with E-state index in [1.165, 1.54) is 33.4 Å². The zero-order chi connectivity index (χ0) is 33.0. The molecule has 1 unspecified atom stereocenters. The minimum Gasteiger partial charge on any atom is -0.388 e. The van der Waals surface area contributed by atoms with Gasteiger partial charge in [-0.3, -0.25) is 4.98 Å². The number of aromatic amines is 2. The van der Waals surface area contributed by atoms with Gasteiger partial charge in [-0.1, -0.05) is 67.5 Å². The lowest BCUT2D eigenvalue weighted by Gasteiger charge is -2.44. The summed E-state index contributed by atoms with van der Waals surface area (Å²) < 4.78 is 0. The Labute approximate surface area is 273 Å². The first kappa shape index (κ1) is 32.0. The van der Waals surface area contributed by atoms with Crippen LogP contribution in [0.25, 0.3) is 39.3 Å². The Morgan fingerprint density at radius 3 is 1.74 bits per heavy atom. The van der Waals surface area contributed by atoms with Crippen molar-refractivity contribution in [3.63, 3.8) is 0 Å². The summed E-state index contributed by atoms with van der Waals surface area (Å²) in [6.07, 6.45) is 9.48.